The van der Waals surface area contributed by atoms with Gasteiger partial charge in [-0.2, -0.15) is 5.10 Å². The molecule has 0 saturated heterocycles. The van der Waals surface area contributed by atoms with Crippen LogP contribution in [0.25, 0.3) is 11.0 Å². The van der Waals surface area contributed by atoms with Crippen LogP contribution in [0.1, 0.15) is 36.6 Å². The van der Waals surface area contributed by atoms with Crippen LogP contribution in [0, 0.1) is 0 Å². The van der Waals surface area contributed by atoms with Crippen LogP contribution in [-0.2, 0) is 9.59 Å². The molecule has 3 aromatic rings. The number of rotatable bonds is 5. The van der Waals surface area contributed by atoms with Crippen molar-refractivity contribution in [1.82, 2.24) is 15.0 Å². The van der Waals surface area contributed by atoms with Crippen LogP contribution in [-0.4, -0.2) is 37.7 Å². The fraction of sp³-hybridized carbons (Fsp3) is 0.211. The highest BCUT2D eigenvalue weighted by Crippen LogP contribution is 2.34. The highest BCUT2D eigenvalue weighted by molar-refractivity contribution is 6.01. The third-order valence-electron chi connectivity index (χ3n) is 4.40. The number of hydrogen-bond acceptors (Lipinski definition) is 6. The number of carbonyl (C=O) groups is 2. The predicted octanol–water partition coefficient (Wildman–Crippen LogP) is 2.77. The number of amides is 1. The molecule has 1 N–H and O–H groups in total. The van der Waals surface area contributed by atoms with Crippen LogP contribution in [0.2, 0.25) is 0 Å². The first kappa shape index (κ1) is 16.9. The summed E-state index contributed by atoms with van der Waals surface area (Å²) in [6, 6.07) is 8.81. The summed E-state index contributed by atoms with van der Waals surface area (Å²) >= 11 is 0. The smallest absolute Gasteiger partial charge is 0.303 e. The minimum Gasteiger partial charge on any atom is -0.481 e. The van der Waals surface area contributed by atoms with Crippen molar-refractivity contribution in [1.29, 1.82) is 0 Å². The van der Waals surface area contributed by atoms with Gasteiger partial charge in [0, 0.05) is 25.2 Å². The Morgan fingerprint density at radius 2 is 1.96 bits per heavy atom. The highest BCUT2D eigenvalue weighted by Gasteiger charge is 2.34. The van der Waals surface area contributed by atoms with Crippen molar-refractivity contribution in [3.63, 3.8) is 0 Å². The number of aliphatic carboxylic acids is 1. The molecule has 0 spiro atoms. The number of aromatic nitrogens is 2. The number of benzene rings is 1. The molecule has 4 rings (SSSR count). The number of hydrogen-bond donors (Lipinski definition) is 1. The van der Waals surface area contributed by atoms with Gasteiger partial charge in [-0.3, -0.25) is 19.6 Å². The van der Waals surface area contributed by atoms with Gasteiger partial charge in [0.15, 0.2) is 0 Å². The second-order valence-corrected chi connectivity index (χ2v) is 6.18. The van der Waals surface area contributed by atoms with E-state index >= 15 is 0 Å². The summed E-state index contributed by atoms with van der Waals surface area (Å²) < 4.78 is 5.41. The summed E-state index contributed by atoms with van der Waals surface area (Å²) in [5.41, 5.74) is 2.99. The minimum absolute atomic E-state index is 0.117. The van der Waals surface area contributed by atoms with E-state index in [0.717, 1.165) is 16.6 Å². The Kier molecular flexibility index (Phi) is 4.37. The fourth-order valence-corrected chi connectivity index (χ4v) is 3.11. The molecular formula is C19H16N4O4. The van der Waals surface area contributed by atoms with E-state index in [1.54, 1.807) is 30.8 Å². The number of nitrogens with zero attached hydrogens (tertiary/aromatic N) is 4. The van der Waals surface area contributed by atoms with Crippen molar-refractivity contribution in [3.05, 3.63) is 60.3 Å². The Morgan fingerprint density at radius 3 is 2.70 bits per heavy atom. The Labute approximate surface area is 154 Å². The molecule has 27 heavy (non-hydrogen) atoms. The molecule has 0 saturated carbocycles. The lowest BCUT2D eigenvalue weighted by molar-refractivity contribution is -0.141. The van der Waals surface area contributed by atoms with E-state index in [1.165, 1.54) is 5.01 Å². The molecule has 1 aliphatic heterocycles. The van der Waals surface area contributed by atoms with Crippen molar-refractivity contribution in [2.75, 3.05) is 0 Å². The summed E-state index contributed by atoms with van der Waals surface area (Å²) in [4.78, 5) is 32.0. The van der Waals surface area contributed by atoms with E-state index < -0.39 is 5.97 Å². The molecule has 3 heterocycles. The third kappa shape index (κ3) is 3.41. The van der Waals surface area contributed by atoms with Gasteiger partial charge in [-0.1, -0.05) is 6.07 Å². The van der Waals surface area contributed by atoms with Crippen molar-refractivity contribution in [2.24, 2.45) is 5.10 Å². The van der Waals surface area contributed by atoms with E-state index in [1.807, 2.05) is 18.2 Å². The largest absolute Gasteiger partial charge is 0.481 e. The summed E-state index contributed by atoms with van der Waals surface area (Å²) in [5.74, 6) is -0.771. The molecule has 0 fully saturated rings. The molecule has 1 aliphatic rings. The zero-order valence-electron chi connectivity index (χ0n) is 14.3. The SMILES string of the molecule is O=C(O)CCC(=O)N1N=C(c2ccco2)CC1c1ccc2nccnc2c1. The van der Waals surface area contributed by atoms with E-state index in [0.29, 0.717) is 17.9 Å². The van der Waals surface area contributed by atoms with Gasteiger partial charge in [0.25, 0.3) is 0 Å². The third-order valence-corrected chi connectivity index (χ3v) is 4.40. The van der Waals surface area contributed by atoms with Gasteiger partial charge in [-0.05, 0) is 29.8 Å². The Morgan fingerprint density at radius 1 is 1.15 bits per heavy atom. The Hall–Kier alpha value is -3.55. The maximum Gasteiger partial charge on any atom is 0.303 e. The molecule has 8 nitrogen and oxygen atoms in total. The molecule has 0 bridgehead atoms. The summed E-state index contributed by atoms with van der Waals surface area (Å²) in [6.45, 7) is 0. The average Bonchev–Trinajstić information content (AvgIpc) is 3.35. The van der Waals surface area contributed by atoms with Crippen LogP contribution >= 0.6 is 0 Å². The lowest BCUT2D eigenvalue weighted by Crippen LogP contribution is -2.27. The Bertz CT molecular complexity index is 1030. The van der Waals surface area contributed by atoms with Gasteiger partial charge in [-0.15, -0.1) is 0 Å². The number of hydrazone groups is 1. The van der Waals surface area contributed by atoms with Crippen LogP contribution in [0.15, 0.2) is 58.5 Å². The predicted molar refractivity (Wildman–Crippen MR) is 95.9 cm³/mol. The maximum absolute atomic E-state index is 12.6. The molecule has 2 aromatic heterocycles. The molecule has 136 valence electrons. The monoisotopic (exact) mass is 364 g/mol. The average molecular weight is 364 g/mol. The van der Waals surface area contributed by atoms with Gasteiger partial charge in [0.1, 0.15) is 11.5 Å². The first-order valence-corrected chi connectivity index (χ1v) is 8.47. The van der Waals surface area contributed by atoms with Crippen LogP contribution < -0.4 is 0 Å². The zero-order chi connectivity index (χ0) is 18.8. The minimum atomic E-state index is -1.02. The van der Waals surface area contributed by atoms with E-state index in [4.69, 9.17) is 9.52 Å². The molecule has 1 unspecified atom stereocenters. The number of carboxylic acids is 1. The van der Waals surface area contributed by atoms with Crippen LogP contribution in [0.3, 0.4) is 0 Å². The summed E-state index contributed by atoms with van der Waals surface area (Å²) in [5, 5.41) is 14.7. The van der Waals surface area contributed by atoms with Gasteiger partial charge >= 0.3 is 5.97 Å². The van der Waals surface area contributed by atoms with Crippen molar-refractivity contribution >= 4 is 28.6 Å². The number of fused-ring (bicyclic) bond motifs is 1. The standard InChI is InChI=1S/C19H16N4O4/c24-18(5-6-19(25)26)23-16(11-15(22-23)17-2-1-9-27-17)12-3-4-13-14(10-12)21-8-7-20-13/h1-4,7-10,16H,5-6,11H2,(H,25,26). The molecule has 0 radical (unpaired) electrons. The molecule has 1 aromatic carbocycles. The molecule has 0 aliphatic carbocycles. The van der Waals surface area contributed by atoms with Gasteiger partial charge in [0.05, 0.1) is 29.8 Å². The van der Waals surface area contributed by atoms with Gasteiger partial charge in [0.2, 0.25) is 5.91 Å². The highest BCUT2D eigenvalue weighted by atomic mass is 16.4. The van der Waals surface area contributed by atoms with Crippen LogP contribution in [0.5, 0.6) is 0 Å². The topological polar surface area (TPSA) is 109 Å². The van der Waals surface area contributed by atoms with Crippen LogP contribution in [0.4, 0.5) is 0 Å². The van der Waals surface area contributed by atoms with Gasteiger partial charge < -0.3 is 9.52 Å². The molecule has 1 atom stereocenters. The maximum atomic E-state index is 12.6. The number of furan rings is 1. The fourth-order valence-electron chi connectivity index (χ4n) is 3.11. The van der Waals surface area contributed by atoms with E-state index in [-0.39, 0.29) is 24.8 Å². The Balaban J connectivity index is 1.67. The summed E-state index contributed by atoms with van der Waals surface area (Å²) in [7, 11) is 0. The number of carboxylic acid groups (broad SMARTS) is 1. The normalized spacial score (nSPS) is 16.5. The first-order chi connectivity index (χ1) is 13.1. The quantitative estimate of drug-likeness (QED) is 0.745. The van der Waals surface area contributed by atoms with E-state index in [2.05, 4.69) is 15.1 Å². The lowest BCUT2D eigenvalue weighted by atomic mass is 10.00. The molecule has 1 amide bonds. The molecule has 8 heteroatoms. The van der Waals surface area contributed by atoms with Gasteiger partial charge in [-0.25, -0.2) is 5.01 Å². The lowest BCUT2D eigenvalue weighted by Gasteiger charge is -2.22. The van der Waals surface area contributed by atoms with Crippen molar-refractivity contribution in [3.8, 4) is 0 Å². The second-order valence-electron chi connectivity index (χ2n) is 6.18. The van der Waals surface area contributed by atoms with E-state index in [9.17, 15) is 9.59 Å². The van der Waals surface area contributed by atoms with Crippen molar-refractivity contribution in [2.45, 2.75) is 25.3 Å². The second kappa shape index (κ2) is 6.99. The van der Waals surface area contributed by atoms with Crippen molar-refractivity contribution < 1.29 is 19.1 Å². The summed E-state index contributed by atoms with van der Waals surface area (Å²) in [6.07, 6.45) is 4.90. The zero-order valence-corrected chi connectivity index (χ0v) is 14.3. The molecular weight excluding hydrogens is 348 g/mol. The first-order valence-electron chi connectivity index (χ1n) is 8.47. The number of carbonyl (C=O) groups excluding carboxylic acids is 1.